The molecule has 3 N–H and O–H groups in total. The number of quaternary nitrogens is 1. The Labute approximate surface area is 222 Å². The van der Waals surface area contributed by atoms with Crippen LogP contribution in [0.15, 0.2) is 29.8 Å². The van der Waals surface area contributed by atoms with Gasteiger partial charge < -0.3 is 34.1 Å². The number of aromatic nitrogens is 1. The van der Waals surface area contributed by atoms with Gasteiger partial charge in [0.25, 0.3) is 11.7 Å². The number of aliphatic hydroxyl groups is 1. The molecule has 2 saturated heterocycles. The van der Waals surface area contributed by atoms with Crippen LogP contribution in [0.25, 0.3) is 5.76 Å². The number of aromatic amines is 1. The smallest absolute Gasteiger partial charge is 0.355 e. The Morgan fingerprint density at radius 2 is 1.97 bits per heavy atom. The summed E-state index contributed by atoms with van der Waals surface area (Å²) in [5.74, 6) is -1.72. The Hall–Kier alpha value is -3.63. The number of rotatable bonds is 9. The number of aliphatic hydroxyl groups excluding tert-OH is 1. The number of hydrogen-bond acceptors (Lipinski definition) is 7. The summed E-state index contributed by atoms with van der Waals surface area (Å²) < 4.78 is 16.0. The van der Waals surface area contributed by atoms with E-state index in [1.807, 2.05) is 6.07 Å². The number of ketones is 1. The van der Waals surface area contributed by atoms with Gasteiger partial charge in [0.1, 0.15) is 30.3 Å². The second-order valence-electron chi connectivity index (χ2n) is 9.58. The molecule has 2 aromatic rings. The van der Waals surface area contributed by atoms with Crippen LogP contribution in [-0.2, 0) is 19.1 Å². The molecule has 0 radical (unpaired) electrons. The van der Waals surface area contributed by atoms with Crippen LogP contribution in [0.1, 0.15) is 52.3 Å². The molecule has 38 heavy (non-hydrogen) atoms. The molecule has 10 nitrogen and oxygen atoms in total. The fraction of sp³-hybridized carbons (Fsp3) is 0.464. The minimum atomic E-state index is -0.801. The highest BCUT2D eigenvalue weighted by molar-refractivity contribution is 6.46. The summed E-state index contributed by atoms with van der Waals surface area (Å²) in [6.45, 7) is 9.73. The van der Waals surface area contributed by atoms with E-state index in [0.29, 0.717) is 54.3 Å². The van der Waals surface area contributed by atoms with Gasteiger partial charge in [0.15, 0.2) is 0 Å². The highest BCUT2D eigenvalue weighted by Gasteiger charge is 2.46. The van der Waals surface area contributed by atoms with E-state index in [1.165, 1.54) is 9.80 Å². The molecule has 1 amide bonds. The third-order valence-electron chi connectivity index (χ3n) is 7.23. The standard InChI is InChI=1S/C28H35N3O7/c1-5-38-28(35)23-17(2)21(18(3)29-23)25(32)22-24(19-8-6-9-20(16-19)36-4)31(27(34)26(22)33)11-7-10-30-12-14-37-15-13-30/h6,8-9,16,24,29,32H,5,7,10-15H2,1-4H3/p+1. The number of amides is 1. The first-order chi connectivity index (χ1) is 18.3. The normalized spacial score (nSPS) is 19.7. The molecule has 2 fully saturated rings. The molecule has 0 aliphatic carbocycles. The molecule has 1 atom stereocenters. The Morgan fingerprint density at radius 1 is 1.24 bits per heavy atom. The number of Topliss-reactive ketones (excluding diaryl/α,β-unsaturated/α-hetero) is 1. The van der Waals surface area contributed by atoms with Crippen molar-refractivity contribution in [1.82, 2.24) is 9.88 Å². The minimum Gasteiger partial charge on any atom is -0.507 e. The molecule has 0 saturated carbocycles. The summed E-state index contributed by atoms with van der Waals surface area (Å²) in [6.07, 6.45) is 0.693. The fourth-order valence-corrected chi connectivity index (χ4v) is 5.33. The van der Waals surface area contributed by atoms with Crippen LogP contribution >= 0.6 is 0 Å². The number of hydrogen-bond donors (Lipinski definition) is 3. The molecule has 3 heterocycles. The Kier molecular flexibility index (Phi) is 8.53. The quantitative estimate of drug-likeness (QED) is 0.196. The van der Waals surface area contributed by atoms with E-state index < -0.39 is 23.7 Å². The van der Waals surface area contributed by atoms with Crippen molar-refractivity contribution in [2.75, 3.05) is 53.1 Å². The number of benzene rings is 1. The predicted molar refractivity (Wildman–Crippen MR) is 139 cm³/mol. The number of carbonyl (C=O) groups is 3. The first-order valence-corrected chi connectivity index (χ1v) is 13.0. The van der Waals surface area contributed by atoms with Gasteiger partial charge in [-0.05, 0) is 44.0 Å². The van der Waals surface area contributed by atoms with Gasteiger partial charge in [0.05, 0.1) is 45.1 Å². The third-order valence-corrected chi connectivity index (χ3v) is 7.23. The minimum absolute atomic E-state index is 0.0115. The number of esters is 1. The second-order valence-corrected chi connectivity index (χ2v) is 9.58. The highest BCUT2D eigenvalue weighted by atomic mass is 16.5. The van der Waals surface area contributed by atoms with Crippen molar-refractivity contribution in [3.8, 4) is 5.75 Å². The van der Waals surface area contributed by atoms with Crippen LogP contribution in [0.2, 0.25) is 0 Å². The zero-order chi connectivity index (χ0) is 27.4. The zero-order valence-electron chi connectivity index (χ0n) is 22.4. The van der Waals surface area contributed by atoms with Crippen LogP contribution in [0.4, 0.5) is 0 Å². The van der Waals surface area contributed by atoms with Gasteiger partial charge in [-0.1, -0.05) is 12.1 Å². The number of nitrogens with one attached hydrogen (secondary N) is 2. The molecular weight excluding hydrogens is 490 g/mol. The molecule has 2 aliphatic rings. The first-order valence-electron chi connectivity index (χ1n) is 13.0. The summed E-state index contributed by atoms with van der Waals surface area (Å²) in [6, 6.07) is 6.35. The summed E-state index contributed by atoms with van der Waals surface area (Å²) in [5.41, 5.74) is 2.10. The number of ether oxygens (including phenoxy) is 3. The van der Waals surface area contributed by atoms with Crippen LogP contribution in [-0.4, -0.2) is 85.8 Å². The van der Waals surface area contributed by atoms with E-state index in [0.717, 1.165) is 19.6 Å². The summed E-state index contributed by atoms with van der Waals surface area (Å²) in [5, 5.41) is 11.6. The number of likely N-dealkylation sites (tertiary alicyclic amines) is 1. The number of methoxy groups -OCH3 is 1. The average molecular weight is 527 g/mol. The Morgan fingerprint density at radius 3 is 2.66 bits per heavy atom. The lowest BCUT2D eigenvalue weighted by Gasteiger charge is -2.27. The van der Waals surface area contributed by atoms with E-state index in [9.17, 15) is 19.5 Å². The Balaban J connectivity index is 1.75. The van der Waals surface area contributed by atoms with Gasteiger partial charge >= 0.3 is 5.97 Å². The average Bonchev–Trinajstić information content (AvgIpc) is 3.36. The maximum absolute atomic E-state index is 13.4. The lowest BCUT2D eigenvalue weighted by Crippen LogP contribution is -3.14. The van der Waals surface area contributed by atoms with Crippen LogP contribution in [0, 0.1) is 13.8 Å². The molecule has 4 rings (SSSR count). The number of nitrogens with zero attached hydrogens (tertiary/aromatic N) is 1. The van der Waals surface area contributed by atoms with E-state index in [-0.39, 0.29) is 23.6 Å². The number of carbonyl (C=O) groups excluding carboxylic acids is 3. The van der Waals surface area contributed by atoms with E-state index in [4.69, 9.17) is 14.2 Å². The number of morpholine rings is 1. The van der Waals surface area contributed by atoms with Crippen molar-refractivity contribution in [1.29, 1.82) is 0 Å². The molecule has 1 aromatic heterocycles. The van der Waals surface area contributed by atoms with Crippen molar-refractivity contribution in [3.05, 3.63) is 57.9 Å². The van der Waals surface area contributed by atoms with Gasteiger partial charge in [-0.2, -0.15) is 0 Å². The predicted octanol–water partition coefficient (Wildman–Crippen LogP) is 1.54. The summed E-state index contributed by atoms with van der Waals surface area (Å²) in [7, 11) is 1.55. The topological polar surface area (TPSA) is 123 Å². The summed E-state index contributed by atoms with van der Waals surface area (Å²) >= 11 is 0. The Bertz CT molecular complexity index is 1240. The van der Waals surface area contributed by atoms with Gasteiger partial charge in [0, 0.05) is 24.2 Å². The monoisotopic (exact) mass is 526 g/mol. The molecule has 1 aromatic carbocycles. The zero-order valence-corrected chi connectivity index (χ0v) is 22.4. The lowest BCUT2D eigenvalue weighted by atomic mass is 9.94. The van der Waals surface area contributed by atoms with Crippen LogP contribution in [0.5, 0.6) is 5.75 Å². The van der Waals surface area contributed by atoms with E-state index in [2.05, 4.69) is 4.98 Å². The molecule has 2 aliphatic heterocycles. The largest absolute Gasteiger partial charge is 0.507 e. The highest BCUT2D eigenvalue weighted by Crippen LogP contribution is 2.41. The van der Waals surface area contributed by atoms with Gasteiger partial charge in [-0.3, -0.25) is 9.59 Å². The van der Waals surface area contributed by atoms with Gasteiger partial charge in [-0.25, -0.2) is 4.79 Å². The SMILES string of the molecule is CCOC(=O)c1[nH]c(C)c(C(O)=C2C(=O)C(=O)N(CCC[NH+]3CCOCC3)C2c2cccc(OC)c2)c1C. The van der Waals surface area contributed by atoms with Crippen molar-refractivity contribution in [2.45, 2.75) is 33.2 Å². The van der Waals surface area contributed by atoms with Crippen LogP contribution in [0.3, 0.4) is 0 Å². The number of aryl methyl sites for hydroxylation is 1. The third kappa shape index (κ3) is 5.32. The van der Waals surface area contributed by atoms with Crippen molar-refractivity contribution in [2.24, 2.45) is 0 Å². The molecule has 204 valence electrons. The van der Waals surface area contributed by atoms with E-state index >= 15 is 0 Å². The first kappa shape index (κ1) is 27.4. The van der Waals surface area contributed by atoms with Gasteiger partial charge in [-0.15, -0.1) is 0 Å². The lowest BCUT2D eigenvalue weighted by molar-refractivity contribution is -0.908. The molecule has 10 heteroatoms. The fourth-order valence-electron chi connectivity index (χ4n) is 5.33. The molecule has 0 bridgehead atoms. The molecule has 1 unspecified atom stereocenters. The van der Waals surface area contributed by atoms with Crippen molar-refractivity contribution >= 4 is 23.4 Å². The summed E-state index contributed by atoms with van der Waals surface area (Å²) in [4.78, 5) is 45.1. The second kappa shape index (κ2) is 11.8. The molecular formula is C28H36N3O7+. The van der Waals surface area contributed by atoms with E-state index in [1.54, 1.807) is 46.1 Å². The maximum atomic E-state index is 13.4. The van der Waals surface area contributed by atoms with Crippen LogP contribution < -0.4 is 9.64 Å². The molecule has 0 spiro atoms. The van der Waals surface area contributed by atoms with Crippen molar-refractivity contribution in [3.63, 3.8) is 0 Å². The van der Waals surface area contributed by atoms with Crippen molar-refractivity contribution < 1.29 is 38.6 Å². The van der Waals surface area contributed by atoms with Gasteiger partial charge in [0.2, 0.25) is 0 Å². The maximum Gasteiger partial charge on any atom is 0.355 e. The number of H-pyrrole nitrogens is 1.